The van der Waals surface area contributed by atoms with E-state index in [9.17, 15) is 19.2 Å². The van der Waals surface area contributed by atoms with Crippen molar-refractivity contribution in [2.24, 2.45) is 11.8 Å². The van der Waals surface area contributed by atoms with Crippen LogP contribution in [0.1, 0.15) is 125 Å². The van der Waals surface area contributed by atoms with Crippen molar-refractivity contribution in [2.75, 3.05) is 33.9 Å². The summed E-state index contributed by atoms with van der Waals surface area (Å²) in [6.45, 7) is 9.30. The van der Waals surface area contributed by atoms with E-state index >= 15 is 4.39 Å². The number of H-pyrrole nitrogens is 2. The Morgan fingerprint density at radius 1 is 0.808 bits per heavy atom. The highest BCUT2D eigenvalue weighted by atomic mass is 32.1. The number of carbonyl (C=O) groups excluding carboxylic acids is 4. The molecule has 0 radical (unpaired) electrons. The zero-order valence-electron chi connectivity index (χ0n) is 42.0. The topological polar surface area (TPSA) is 198 Å². The Bertz CT molecular complexity index is 3100. The molecule has 8 heterocycles. The van der Waals surface area contributed by atoms with Crippen LogP contribution in [0.5, 0.6) is 5.75 Å². The SMILES string of the molecule is COC(=O)N[C@H](C(=O)N1CCC[C@H]1c1ncc(-c2cc(F)c3c(c2)O[C@@H](c2ccc(C4CC4)s2)n2c-3cc3cc(-c4cnc([C@@H]5CCCN5C(=O)[C@@H](NC(=O)OC)[C@H]5CCOC(C)(C)C5)[nH]4)ccc32)[nH]1)C(C)C. The van der Waals surface area contributed by atoms with Crippen LogP contribution in [-0.4, -0.2) is 110 Å². The van der Waals surface area contributed by atoms with Crippen molar-refractivity contribution < 1.29 is 42.5 Å². The Morgan fingerprint density at radius 3 is 2.12 bits per heavy atom. The summed E-state index contributed by atoms with van der Waals surface area (Å²) in [5, 5.41) is 6.44. The highest BCUT2D eigenvalue weighted by molar-refractivity contribution is 7.12. The van der Waals surface area contributed by atoms with Crippen molar-refractivity contribution in [3.05, 3.63) is 88.1 Å². The molecule has 6 aromatic rings. The van der Waals surface area contributed by atoms with Gasteiger partial charge in [-0.05, 0) is 125 Å². The molecule has 4 aliphatic heterocycles. The average molecular weight is 1020 g/mol. The molecule has 0 unspecified atom stereocenters. The van der Waals surface area contributed by atoms with E-state index in [-0.39, 0.29) is 35.7 Å². The number of hydrogen-bond donors (Lipinski definition) is 4. The van der Waals surface area contributed by atoms with Crippen molar-refractivity contribution in [3.8, 4) is 39.5 Å². The number of benzene rings is 2. The van der Waals surface area contributed by atoms with E-state index in [0.29, 0.717) is 91.2 Å². The number of methoxy groups -OCH3 is 2. The van der Waals surface area contributed by atoms with E-state index in [2.05, 4.69) is 43.4 Å². The molecule has 0 bridgehead atoms. The highest BCUT2D eigenvalue weighted by Gasteiger charge is 2.44. The van der Waals surface area contributed by atoms with Gasteiger partial charge >= 0.3 is 12.2 Å². The number of fused-ring (bicyclic) bond motifs is 5. The van der Waals surface area contributed by atoms with Gasteiger partial charge in [0.2, 0.25) is 18.0 Å². The number of amides is 4. The zero-order valence-corrected chi connectivity index (χ0v) is 42.8. The largest absolute Gasteiger partial charge is 0.464 e. The average Bonchev–Trinajstić information content (AvgIpc) is 4.10. The second-order valence-corrected chi connectivity index (χ2v) is 22.2. The van der Waals surface area contributed by atoms with Crippen LogP contribution in [0.25, 0.3) is 44.7 Å². The minimum Gasteiger partial charge on any atom is -0.464 e. The maximum atomic E-state index is 17.0. The Morgan fingerprint density at radius 2 is 1.47 bits per heavy atom. The van der Waals surface area contributed by atoms with Crippen molar-refractivity contribution in [3.63, 3.8) is 0 Å². The summed E-state index contributed by atoms with van der Waals surface area (Å²) in [5.41, 5.74) is 4.25. The molecule has 4 N–H and O–H groups in total. The van der Waals surface area contributed by atoms with E-state index in [4.69, 9.17) is 28.9 Å². The third-order valence-corrected chi connectivity index (χ3v) is 16.6. The second-order valence-electron chi connectivity index (χ2n) is 21.1. The van der Waals surface area contributed by atoms with Gasteiger partial charge in [-0.25, -0.2) is 23.9 Å². The molecule has 0 spiro atoms. The van der Waals surface area contributed by atoms with Gasteiger partial charge < -0.3 is 49.3 Å². The van der Waals surface area contributed by atoms with Crippen LogP contribution >= 0.6 is 11.3 Å². The molecule has 19 heteroatoms. The summed E-state index contributed by atoms with van der Waals surface area (Å²) in [5.74, 6) is 1.06. The maximum Gasteiger partial charge on any atom is 0.407 e. The Labute approximate surface area is 426 Å². The molecule has 6 atom stereocenters. The number of halogens is 1. The molecule has 17 nitrogen and oxygen atoms in total. The summed E-state index contributed by atoms with van der Waals surface area (Å²) in [4.78, 5) is 75.4. The lowest BCUT2D eigenvalue weighted by molar-refractivity contribution is -0.139. The third kappa shape index (κ3) is 9.23. The minimum atomic E-state index is -0.773. The van der Waals surface area contributed by atoms with Crippen LogP contribution in [0.3, 0.4) is 0 Å². The quantitative estimate of drug-likeness (QED) is 0.0916. The van der Waals surface area contributed by atoms with Gasteiger partial charge in [0.15, 0.2) is 0 Å². The third-order valence-electron chi connectivity index (χ3n) is 15.3. The Hall–Kier alpha value is -6.73. The first-order chi connectivity index (χ1) is 35.2. The molecule has 3 saturated heterocycles. The van der Waals surface area contributed by atoms with Gasteiger partial charge in [0.05, 0.1) is 77.3 Å². The monoisotopic (exact) mass is 1020 g/mol. The van der Waals surface area contributed by atoms with Crippen LogP contribution in [0.2, 0.25) is 0 Å². The van der Waals surface area contributed by atoms with Gasteiger partial charge in [-0.1, -0.05) is 19.9 Å². The number of nitrogens with one attached hydrogen (secondary N) is 4. The second kappa shape index (κ2) is 19.3. The number of nitrogens with zero attached hydrogens (tertiary/aromatic N) is 5. The van der Waals surface area contributed by atoms with Crippen molar-refractivity contribution >= 4 is 46.2 Å². The molecular weight excluding hydrogens is 954 g/mol. The number of alkyl carbamates (subject to hydrolysis) is 2. The van der Waals surface area contributed by atoms with Gasteiger partial charge in [-0.3, -0.25) is 14.2 Å². The van der Waals surface area contributed by atoms with Gasteiger partial charge in [0, 0.05) is 41.1 Å². The van der Waals surface area contributed by atoms with E-state index in [1.807, 2.05) is 56.9 Å². The number of rotatable bonds is 12. The zero-order chi connectivity index (χ0) is 50.9. The molecule has 2 aromatic carbocycles. The van der Waals surface area contributed by atoms with Gasteiger partial charge in [-0.2, -0.15) is 0 Å². The van der Waals surface area contributed by atoms with Crippen molar-refractivity contribution in [2.45, 2.75) is 121 Å². The van der Waals surface area contributed by atoms with E-state index in [1.54, 1.807) is 28.6 Å². The van der Waals surface area contributed by atoms with E-state index in [0.717, 1.165) is 52.7 Å². The predicted molar refractivity (Wildman–Crippen MR) is 271 cm³/mol. The summed E-state index contributed by atoms with van der Waals surface area (Å²) < 4.78 is 41.7. The molecule has 5 aliphatic rings. The van der Waals surface area contributed by atoms with E-state index < -0.39 is 41.9 Å². The lowest BCUT2D eigenvalue weighted by Crippen LogP contribution is -2.54. The predicted octanol–water partition coefficient (Wildman–Crippen LogP) is 9.74. The smallest absolute Gasteiger partial charge is 0.407 e. The molecule has 4 aromatic heterocycles. The summed E-state index contributed by atoms with van der Waals surface area (Å²) in [7, 11) is 2.57. The molecule has 384 valence electrons. The minimum absolute atomic E-state index is 0.127. The first kappa shape index (κ1) is 48.5. The first-order valence-electron chi connectivity index (χ1n) is 25.5. The summed E-state index contributed by atoms with van der Waals surface area (Å²) in [6.07, 6.45) is 8.09. The van der Waals surface area contributed by atoms with Gasteiger partial charge in [0.1, 0.15) is 35.3 Å². The highest BCUT2D eigenvalue weighted by Crippen LogP contribution is 2.50. The fourth-order valence-corrected chi connectivity index (χ4v) is 12.7. The number of imidazole rings is 2. The van der Waals surface area contributed by atoms with Gasteiger partial charge in [-0.15, -0.1) is 11.3 Å². The molecule has 11 rings (SSSR count). The van der Waals surface area contributed by atoms with Crippen LogP contribution < -0.4 is 15.4 Å². The number of aromatic amines is 2. The fourth-order valence-electron chi connectivity index (χ4n) is 11.5. The lowest BCUT2D eigenvalue weighted by atomic mass is 9.82. The molecule has 1 saturated carbocycles. The van der Waals surface area contributed by atoms with Crippen LogP contribution in [0.4, 0.5) is 14.0 Å². The molecule has 73 heavy (non-hydrogen) atoms. The number of hydrogen-bond acceptors (Lipinski definition) is 11. The Kier molecular flexibility index (Phi) is 12.8. The Balaban J connectivity index is 0.893. The molecular formula is C54H62FN9O8S. The lowest BCUT2D eigenvalue weighted by Gasteiger charge is -2.40. The summed E-state index contributed by atoms with van der Waals surface area (Å²) in [6, 6.07) is 13.6. The number of ether oxygens (including phenoxy) is 4. The number of aromatic nitrogens is 5. The van der Waals surface area contributed by atoms with Crippen LogP contribution in [0, 0.1) is 17.7 Å². The number of carbonyl (C=O) groups is 4. The van der Waals surface area contributed by atoms with Crippen LogP contribution in [-0.2, 0) is 23.8 Å². The number of thiophene rings is 1. The molecule has 1 aliphatic carbocycles. The molecule has 4 fully saturated rings. The van der Waals surface area contributed by atoms with Crippen LogP contribution in [0.15, 0.2) is 60.9 Å². The van der Waals surface area contributed by atoms with Crippen molar-refractivity contribution in [1.82, 2.24) is 44.9 Å². The normalized spacial score (nSPS) is 22.1. The molecule has 4 amide bonds. The fraction of sp³-hybridized carbons (Fsp3) is 0.481. The maximum absolute atomic E-state index is 17.0. The summed E-state index contributed by atoms with van der Waals surface area (Å²) >= 11 is 1.73. The number of likely N-dealkylation sites (tertiary alicyclic amines) is 2. The van der Waals surface area contributed by atoms with Crippen molar-refractivity contribution in [1.29, 1.82) is 0 Å². The van der Waals surface area contributed by atoms with E-state index in [1.165, 1.54) is 25.2 Å². The first-order valence-corrected chi connectivity index (χ1v) is 26.3. The van der Waals surface area contributed by atoms with Gasteiger partial charge in [0.25, 0.3) is 0 Å². The standard InChI is InChI=1S/C54H62FN9O8S/c1-28(2)45(60-52(67)69-5)49(65)62-18-7-9-38(62)48-57-27-36(59-48)32-22-34(55)44-40-23-33-21-30(13-14-37(33)64(40)51(72-41(44)24-32)43-16-15-42(73-43)29-11-12-29)35-26-56-47(58-35)39-10-8-19-63(39)50(66)46(61-53(68)70-6)31-17-20-71-54(3,4)25-31/h13-16,21-24,26-29,31,38-39,45-46,51H,7-12,17-20,25H2,1-6H3,(H,56,58)(H,57,59)(H,60,67)(H,61,68)/t31-,38-,39-,45-,46-,51-/m0/s1.